The molecular formula is C16H12IN3O4. The number of rotatable bonds is 4. The molecule has 122 valence electrons. The fraction of sp³-hybridized carbons (Fsp3) is 0.125. The number of carbonyl (C=O) groups excluding carboxylic acids is 1. The lowest BCUT2D eigenvalue weighted by Crippen LogP contribution is -2.05. The monoisotopic (exact) mass is 437 g/mol. The maximum atomic E-state index is 11.6. The molecule has 0 amide bonds. The first-order chi connectivity index (χ1) is 11.5. The van der Waals surface area contributed by atoms with Crippen molar-refractivity contribution in [2.75, 3.05) is 7.11 Å². The summed E-state index contributed by atoms with van der Waals surface area (Å²) >= 11 is 1.99. The second kappa shape index (κ2) is 6.56. The summed E-state index contributed by atoms with van der Waals surface area (Å²) in [7, 11) is 1.33. The van der Waals surface area contributed by atoms with Crippen LogP contribution in [-0.2, 0) is 11.3 Å². The Kier molecular flexibility index (Phi) is 4.47. The molecular weight excluding hydrogens is 425 g/mol. The lowest BCUT2D eigenvalue weighted by atomic mass is 10.1. The van der Waals surface area contributed by atoms with Gasteiger partial charge in [-0.2, -0.15) is 5.10 Å². The van der Waals surface area contributed by atoms with Crippen molar-refractivity contribution in [2.24, 2.45) is 0 Å². The summed E-state index contributed by atoms with van der Waals surface area (Å²) in [5.74, 6) is -0.410. The maximum absolute atomic E-state index is 11.6. The van der Waals surface area contributed by atoms with E-state index in [1.165, 1.54) is 13.2 Å². The van der Waals surface area contributed by atoms with Gasteiger partial charge in [0, 0.05) is 6.07 Å². The minimum Gasteiger partial charge on any atom is -0.465 e. The number of halogens is 1. The van der Waals surface area contributed by atoms with Crippen molar-refractivity contribution in [3.05, 3.63) is 67.4 Å². The molecule has 0 atom stereocenters. The van der Waals surface area contributed by atoms with Crippen LogP contribution in [0.2, 0.25) is 0 Å². The first-order valence-corrected chi connectivity index (χ1v) is 8.06. The third-order valence-electron chi connectivity index (χ3n) is 3.59. The minimum absolute atomic E-state index is 0.0338. The predicted molar refractivity (Wildman–Crippen MR) is 96.0 cm³/mol. The zero-order valence-corrected chi connectivity index (χ0v) is 14.8. The second-order valence-electron chi connectivity index (χ2n) is 5.07. The third kappa shape index (κ3) is 2.96. The molecule has 7 nitrogen and oxygen atoms in total. The first kappa shape index (κ1) is 16.4. The quantitative estimate of drug-likeness (QED) is 0.270. The normalized spacial score (nSPS) is 10.8. The molecule has 2 aromatic carbocycles. The molecule has 0 saturated carbocycles. The highest BCUT2D eigenvalue weighted by Crippen LogP contribution is 2.30. The van der Waals surface area contributed by atoms with Crippen molar-refractivity contribution < 1.29 is 14.5 Å². The van der Waals surface area contributed by atoms with Crippen molar-refractivity contribution in [2.45, 2.75) is 6.54 Å². The number of benzene rings is 2. The first-order valence-electron chi connectivity index (χ1n) is 6.98. The van der Waals surface area contributed by atoms with Crippen molar-refractivity contribution in [3.63, 3.8) is 0 Å². The molecule has 0 bridgehead atoms. The number of aromatic nitrogens is 2. The molecule has 0 aliphatic carbocycles. The van der Waals surface area contributed by atoms with E-state index in [1.807, 2.05) is 28.7 Å². The van der Waals surface area contributed by atoms with Crippen LogP contribution in [0.5, 0.6) is 0 Å². The van der Waals surface area contributed by atoms with Crippen LogP contribution >= 0.6 is 22.6 Å². The number of esters is 1. The molecule has 0 radical (unpaired) electrons. The number of nitro groups is 1. The summed E-state index contributed by atoms with van der Waals surface area (Å²) in [5, 5.41) is 16.1. The van der Waals surface area contributed by atoms with E-state index in [1.54, 1.807) is 35.0 Å². The van der Waals surface area contributed by atoms with Gasteiger partial charge in [0.25, 0.3) is 5.69 Å². The van der Waals surface area contributed by atoms with Crippen molar-refractivity contribution >= 4 is 45.2 Å². The van der Waals surface area contributed by atoms with Crippen molar-refractivity contribution in [3.8, 4) is 0 Å². The van der Waals surface area contributed by atoms with Crippen LogP contribution in [0.1, 0.15) is 15.9 Å². The lowest BCUT2D eigenvalue weighted by Gasteiger charge is -2.06. The highest BCUT2D eigenvalue weighted by atomic mass is 127. The summed E-state index contributed by atoms with van der Waals surface area (Å²) in [6.07, 6.45) is 0. The number of hydrogen-bond acceptors (Lipinski definition) is 5. The Morgan fingerprint density at radius 2 is 2.08 bits per heavy atom. The molecule has 1 aromatic heterocycles. The molecule has 0 unspecified atom stereocenters. The number of carbonyl (C=O) groups is 1. The van der Waals surface area contributed by atoms with E-state index < -0.39 is 10.9 Å². The number of nitro benzene ring substituents is 1. The number of ether oxygens (including phenoxy) is 1. The van der Waals surface area contributed by atoms with Gasteiger partial charge < -0.3 is 4.74 Å². The Balaban J connectivity index is 2.04. The Hall–Kier alpha value is -2.49. The van der Waals surface area contributed by atoms with Crippen LogP contribution in [0.15, 0.2) is 42.5 Å². The van der Waals surface area contributed by atoms with E-state index in [0.29, 0.717) is 26.7 Å². The SMILES string of the molecule is COC(=O)c1cccc(Cn2nc(I)c3c([N+](=O)[O-])cccc32)c1. The molecule has 8 heteroatoms. The van der Waals surface area contributed by atoms with Gasteiger partial charge in [0.2, 0.25) is 0 Å². The predicted octanol–water partition coefficient (Wildman–Crippen LogP) is 3.38. The van der Waals surface area contributed by atoms with Gasteiger partial charge in [-0.25, -0.2) is 4.79 Å². The summed E-state index contributed by atoms with van der Waals surface area (Å²) < 4.78 is 6.98. The number of non-ortho nitro benzene ring substituents is 1. The molecule has 0 aliphatic rings. The van der Waals surface area contributed by atoms with Gasteiger partial charge in [0.05, 0.1) is 29.7 Å². The van der Waals surface area contributed by atoms with E-state index in [2.05, 4.69) is 5.10 Å². The molecule has 3 aromatic rings. The second-order valence-corrected chi connectivity index (χ2v) is 6.09. The fourth-order valence-electron chi connectivity index (χ4n) is 2.52. The topological polar surface area (TPSA) is 87.3 Å². The summed E-state index contributed by atoms with van der Waals surface area (Å²) in [6.45, 7) is 0.394. The Bertz CT molecular complexity index is 952. The van der Waals surface area contributed by atoms with Crippen LogP contribution in [-0.4, -0.2) is 27.8 Å². The van der Waals surface area contributed by atoms with Gasteiger partial charge in [0.1, 0.15) is 9.09 Å². The van der Waals surface area contributed by atoms with E-state index in [4.69, 9.17) is 4.74 Å². The molecule has 0 fully saturated rings. The average molecular weight is 437 g/mol. The van der Waals surface area contributed by atoms with Gasteiger partial charge in [-0.3, -0.25) is 14.8 Å². The molecule has 3 rings (SSSR count). The molecule has 0 aliphatic heterocycles. The maximum Gasteiger partial charge on any atom is 0.337 e. The highest BCUT2D eigenvalue weighted by Gasteiger charge is 2.19. The van der Waals surface area contributed by atoms with E-state index in [0.717, 1.165) is 5.56 Å². The van der Waals surface area contributed by atoms with Gasteiger partial charge >= 0.3 is 5.97 Å². The number of nitrogens with zero attached hydrogens (tertiary/aromatic N) is 3. The van der Waals surface area contributed by atoms with Gasteiger partial charge in [0.15, 0.2) is 0 Å². The highest BCUT2D eigenvalue weighted by molar-refractivity contribution is 14.1. The fourth-order valence-corrected chi connectivity index (χ4v) is 3.34. The van der Waals surface area contributed by atoms with E-state index >= 15 is 0 Å². The van der Waals surface area contributed by atoms with E-state index in [9.17, 15) is 14.9 Å². The van der Waals surface area contributed by atoms with E-state index in [-0.39, 0.29) is 5.69 Å². The number of methoxy groups -OCH3 is 1. The molecule has 1 heterocycles. The summed E-state index contributed by atoms with van der Waals surface area (Å²) in [4.78, 5) is 22.4. The molecule has 0 saturated heterocycles. The van der Waals surface area contributed by atoms with Gasteiger partial charge in [-0.15, -0.1) is 0 Å². The van der Waals surface area contributed by atoms with Crippen LogP contribution < -0.4 is 0 Å². The van der Waals surface area contributed by atoms with Crippen LogP contribution in [0.4, 0.5) is 5.69 Å². The Morgan fingerprint density at radius 1 is 1.33 bits per heavy atom. The van der Waals surface area contributed by atoms with Gasteiger partial charge in [-0.1, -0.05) is 18.2 Å². The molecule has 24 heavy (non-hydrogen) atoms. The van der Waals surface area contributed by atoms with Crippen molar-refractivity contribution in [1.29, 1.82) is 0 Å². The Morgan fingerprint density at radius 3 is 2.79 bits per heavy atom. The van der Waals surface area contributed by atoms with Crippen LogP contribution in [0.25, 0.3) is 10.9 Å². The summed E-state index contributed by atoms with van der Waals surface area (Å²) in [5.41, 5.74) is 2.01. The number of hydrogen-bond donors (Lipinski definition) is 0. The minimum atomic E-state index is -0.410. The zero-order valence-electron chi connectivity index (χ0n) is 12.6. The molecule has 0 N–H and O–H groups in total. The average Bonchev–Trinajstić information content (AvgIpc) is 2.90. The molecule has 0 spiro atoms. The van der Waals surface area contributed by atoms with Crippen molar-refractivity contribution in [1.82, 2.24) is 9.78 Å². The van der Waals surface area contributed by atoms with Crippen LogP contribution in [0.3, 0.4) is 0 Å². The van der Waals surface area contributed by atoms with Crippen LogP contribution in [0, 0.1) is 13.8 Å². The lowest BCUT2D eigenvalue weighted by molar-refractivity contribution is -0.383. The smallest absolute Gasteiger partial charge is 0.337 e. The third-order valence-corrected chi connectivity index (χ3v) is 4.35. The largest absolute Gasteiger partial charge is 0.465 e. The standard InChI is InChI=1S/C16H12IN3O4/c1-24-16(21)11-5-2-4-10(8-11)9-19-12-6-3-7-13(20(22)23)14(12)15(17)18-19/h2-8H,9H2,1H3. The van der Waals surface area contributed by atoms with Gasteiger partial charge in [-0.05, 0) is 46.4 Å². The summed E-state index contributed by atoms with van der Waals surface area (Å²) in [6, 6.07) is 11.9. The zero-order chi connectivity index (χ0) is 17.3. The Labute approximate surface area is 150 Å². The number of fused-ring (bicyclic) bond motifs is 1.